The fraction of sp³-hybridized carbons (Fsp3) is 0.714. The van der Waals surface area contributed by atoms with Crippen molar-refractivity contribution in [3.63, 3.8) is 0 Å². The van der Waals surface area contributed by atoms with E-state index in [1.165, 1.54) is 19.3 Å². The van der Waals surface area contributed by atoms with Crippen LogP contribution in [0.5, 0.6) is 0 Å². The highest BCUT2D eigenvalue weighted by atomic mass is 16.5. The van der Waals surface area contributed by atoms with Crippen molar-refractivity contribution in [2.24, 2.45) is 0 Å². The number of hydrogen-bond acceptors (Lipinski definition) is 3. The average Bonchev–Trinajstić information content (AvgIpc) is 2.97. The maximum atomic E-state index is 12.2. The minimum atomic E-state index is -0.0252. The Labute approximate surface area is 113 Å². The lowest BCUT2D eigenvalue weighted by Crippen LogP contribution is -2.36. The first-order chi connectivity index (χ1) is 9.26. The normalized spacial score (nSPS) is 23.3. The van der Waals surface area contributed by atoms with Crippen molar-refractivity contribution >= 4 is 5.91 Å². The second-order valence-corrected chi connectivity index (χ2v) is 5.57. The van der Waals surface area contributed by atoms with Gasteiger partial charge in [0.15, 0.2) is 0 Å². The van der Waals surface area contributed by atoms with E-state index in [0.717, 1.165) is 31.5 Å². The lowest BCUT2D eigenvalue weighted by atomic mass is 9.95. The third kappa shape index (κ3) is 2.66. The zero-order valence-corrected chi connectivity index (χ0v) is 11.4. The highest BCUT2D eigenvalue weighted by Gasteiger charge is 2.25. The number of fused-ring (bicyclic) bond motifs is 1. The maximum absolute atomic E-state index is 12.2. The number of methoxy groups -OCH3 is 1. The van der Waals surface area contributed by atoms with Crippen LogP contribution in [0.2, 0.25) is 0 Å². The molecule has 1 amide bonds. The van der Waals surface area contributed by atoms with Crippen molar-refractivity contribution < 1.29 is 9.53 Å². The van der Waals surface area contributed by atoms with Gasteiger partial charge >= 0.3 is 0 Å². The summed E-state index contributed by atoms with van der Waals surface area (Å²) in [6.07, 6.45) is 7.00. The van der Waals surface area contributed by atoms with Gasteiger partial charge in [-0.05, 0) is 18.9 Å². The number of carbonyl (C=O) groups is 1. The number of ether oxygens (including phenoxy) is 1. The molecule has 2 heterocycles. The molecule has 1 aromatic heterocycles. The molecular weight excluding hydrogens is 242 g/mol. The van der Waals surface area contributed by atoms with Crippen molar-refractivity contribution in [1.82, 2.24) is 15.1 Å². The largest absolute Gasteiger partial charge is 0.379 e. The van der Waals surface area contributed by atoms with Crippen LogP contribution in [0.15, 0.2) is 6.07 Å². The first-order valence-corrected chi connectivity index (χ1v) is 7.16. The molecule has 1 aliphatic carbocycles. The summed E-state index contributed by atoms with van der Waals surface area (Å²) in [7, 11) is 1.72. The summed E-state index contributed by atoms with van der Waals surface area (Å²) in [5.74, 6) is -0.0252. The van der Waals surface area contributed by atoms with Gasteiger partial charge < -0.3 is 10.1 Å². The van der Waals surface area contributed by atoms with E-state index in [4.69, 9.17) is 4.74 Å². The molecule has 0 unspecified atom stereocenters. The van der Waals surface area contributed by atoms with Gasteiger partial charge in [0.25, 0.3) is 5.91 Å². The van der Waals surface area contributed by atoms with E-state index < -0.39 is 0 Å². The van der Waals surface area contributed by atoms with E-state index in [9.17, 15) is 4.79 Å². The van der Waals surface area contributed by atoms with Gasteiger partial charge in [-0.25, -0.2) is 0 Å². The summed E-state index contributed by atoms with van der Waals surface area (Å²) >= 11 is 0. The van der Waals surface area contributed by atoms with Gasteiger partial charge in [0.2, 0.25) is 0 Å². The Balaban J connectivity index is 1.62. The van der Waals surface area contributed by atoms with E-state index >= 15 is 0 Å². The highest BCUT2D eigenvalue weighted by molar-refractivity contribution is 5.92. The van der Waals surface area contributed by atoms with Crippen molar-refractivity contribution in [1.29, 1.82) is 0 Å². The number of nitrogens with one attached hydrogen (secondary N) is 1. The van der Waals surface area contributed by atoms with Crippen LogP contribution in [0.1, 0.15) is 48.3 Å². The summed E-state index contributed by atoms with van der Waals surface area (Å²) in [5.41, 5.74) is 1.65. The molecule has 5 heteroatoms. The molecule has 1 aromatic rings. The molecule has 1 atom stereocenters. The molecule has 1 aliphatic heterocycles. The topological polar surface area (TPSA) is 56.1 Å². The molecule has 0 radical (unpaired) electrons. The third-order valence-corrected chi connectivity index (χ3v) is 4.18. The van der Waals surface area contributed by atoms with Crippen molar-refractivity contribution in [3.05, 3.63) is 17.5 Å². The van der Waals surface area contributed by atoms with Crippen LogP contribution >= 0.6 is 0 Å². The minimum absolute atomic E-state index is 0.0252. The second kappa shape index (κ2) is 5.33. The van der Waals surface area contributed by atoms with Crippen LogP contribution in [0.3, 0.4) is 0 Å². The van der Waals surface area contributed by atoms with Gasteiger partial charge in [-0.15, -0.1) is 0 Å². The zero-order chi connectivity index (χ0) is 13.2. The van der Waals surface area contributed by atoms with Gasteiger partial charge in [-0.2, -0.15) is 5.10 Å². The van der Waals surface area contributed by atoms with Gasteiger partial charge in [0.1, 0.15) is 5.69 Å². The van der Waals surface area contributed by atoms with Crippen molar-refractivity contribution in [2.45, 2.75) is 57.2 Å². The molecule has 19 heavy (non-hydrogen) atoms. The zero-order valence-electron chi connectivity index (χ0n) is 11.4. The SMILES string of the molecule is CO[C@H]1Cc2cc(C(=O)NC3CCCCC3)nn2C1. The number of aromatic nitrogens is 2. The van der Waals surface area contributed by atoms with Gasteiger partial charge in [0, 0.05) is 25.3 Å². The minimum Gasteiger partial charge on any atom is -0.379 e. The Hall–Kier alpha value is -1.36. The van der Waals surface area contributed by atoms with Crippen LogP contribution in [-0.2, 0) is 17.7 Å². The number of rotatable bonds is 3. The van der Waals surface area contributed by atoms with Crippen LogP contribution in [0.4, 0.5) is 0 Å². The molecule has 2 aliphatic rings. The molecule has 5 nitrogen and oxygen atoms in total. The number of nitrogens with zero attached hydrogens (tertiary/aromatic N) is 2. The molecule has 1 fully saturated rings. The Morgan fingerprint density at radius 2 is 2.21 bits per heavy atom. The Bertz CT molecular complexity index is 440. The fourth-order valence-corrected chi connectivity index (χ4v) is 3.04. The molecule has 0 saturated heterocycles. The van der Waals surface area contributed by atoms with E-state index in [1.807, 2.05) is 10.7 Å². The molecule has 1 saturated carbocycles. The first-order valence-electron chi connectivity index (χ1n) is 7.16. The van der Waals surface area contributed by atoms with Gasteiger partial charge in [0.05, 0.1) is 12.6 Å². The summed E-state index contributed by atoms with van der Waals surface area (Å²) in [6.45, 7) is 0.753. The molecule has 0 aromatic carbocycles. The Morgan fingerprint density at radius 3 is 2.89 bits per heavy atom. The summed E-state index contributed by atoms with van der Waals surface area (Å²) < 4.78 is 7.21. The molecule has 104 valence electrons. The Morgan fingerprint density at radius 1 is 1.42 bits per heavy atom. The summed E-state index contributed by atoms with van der Waals surface area (Å²) in [6, 6.07) is 2.24. The molecule has 3 rings (SSSR count). The van der Waals surface area contributed by atoms with Crippen LogP contribution in [0.25, 0.3) is 0 Å². The highest BCUT2D eigenvalue weighted by Crippen LogP contribution is 2.20. The van der Waals surface area contributed by atoms with Crippen LogP contribution in [-0.4, -0.2) is 34.9 Å². The molecule has 0 spiro atoms. The lowest BCUT2D eigenvalue weighted by Gasteiger charge is -2.22. The van der Waals surface area contributed by atoms with Gasteiger partial charge in [-0.1, -0.05) is 19.3 Å². The van der Waals surface area contributed by atoms with E-state index in [1.54, 1.807) is 7.11 Å². The molecule has 1 N–H and O–H groups in total. The first kappa shape index (κ1) is 12.7. The molecule has 0 bridgehead atoms. The maximum Gasteiger partial charge on any atom is 0.272 e. The fourth-order valence-electron chi connectivity index (χ4n) is 3.04. The number of amides is 1. The van der Waals surface area contributed by atoms with E-state index in [-0.39, 0.29) is 12.0 Å². The summed E-state index contributed by atoms with van der Waals surface area (Å²) in [5, 5.41) is 7.48. The second-order valence-electron chi connectivity index (χ2n) is 5.57. The predicted molar refractivity (Wildman–Crippen MR) is 71.1 cm³/mol. The van der Waals surface area contributed by atoms with Crippen LogP contribution < -0.4 is 5.32 Å². The smallest absolute Gasteiger partial charge is 0.272 e. The van der Waals surface area contributed by atoms with Crippen LogP contribution in [0, 0.1) is 0 Å². The standard InChI is InChI=1S/C14H21N3O2/c1-19-12-7-11-8-13(16-17(11)9-12)14(18)15-10-5-3-2-4-6-10/h8,10,12H,2-7,9H2,1H3,(H,15,18)/t12-/m0/s1. The lowest BCUT2D eigenvalue weighted by molar-refractivity contribution is 0.0912. The summed E-state index contributed by atoms with van der Waals surface area (Å²) in [4.78, 5) is 12.2. The average molecular weight is 263 g/mol. The molecular formula is C14H21N3O2. The predicted octanol–water partition coefficient (Wildman–Crippen LogP) is 1.52. The number of hydrogen-bond donors (Lipinski definition) is 1. The van der Waals surface area contributed by atoms with E-state index in [0.29, 0.717) is 11.7 Å². The Kier molecular flexibility index (Phi) is 3.55. The monoisotopic (exact) mass is 263 g/mol. The van der Waals surface area contributed by atoms with Crippen molar-refractivity contribution in [2.75, 3.05) is 7.11 Å². The van der Waals surface area contributed by atoms with Gasteiger partial charge in [-0.3, -0.25) is 9.48 Å². The quantitative estimate of drug-likeness (QED) is 0.899. The number of carbonyl (C=O) groups excluding carboxylic acids is 1. The van der Waals surface area contributed by atoms with E-state index in [2.05, 4.69) is 10.4 Å². The van der Waals surface area contributed by atoms with Crippen molar-refractivity contribution in [3.8, 4) is 0 Å². The third-order valence-electron chi connectivity index (χ3n) is 4.18.